The van der Waals surface area contributed by atoms with E-state index in [2.05, 4.69) is 12.2 Å². The molecule has 0 saturated carbocycles. The third-order valence-corrected chi connectivity index (χ3v) is 4.20. The Morgan fingerprint density at radius 3 is 2.95 bits per heavy atom. The highest BCUT2D eigenvalue weighted by Crippen LogP contribution is 2.26. The minimum Gasteiger partial charge on any atom is -0.491 e. The highest BCUT2D eigenvalue weighted by Gasteiger charge is 2.19. The third kappa shape index (κ3) is 5.64. The van der Waals surface area contributed by atoms with E-state index in [0.717, 1.165) is 19.4 Å². The lowest BCUT2D eigenvalue weighted by Crippen LogP contribution is -2.42. The van der Waals surface area contributed by atoms with Crippen molar-refractivity contribution in [2.75, 3.05) is 19.8 Å². The number of hydrogen-bond acceptors (Lipinski definition) is 4. The van der Waals surface area contributed by atoms with Crippen LogP contribution in [0.2, 0.25) is 10.0 Å². The zero-order valence-electron chi connectivity index (χ0n) is 12.0. The van der Waals surface area contributed by atoms with Gasteiger partial charge in [-0.25, -0.2) is 0 Å². The SMILES string of the molecule is CC1CC(NCC(O)COc2ccc(Cl)c(Cl)c2)CCO1. The molecule has 0 spiro atoms. The molecule has 3 unspecified atom stereocenters. The van der Waals surface area contributed by atoms with Crippen LogP contribution in [0.1, 0.15) is 19.8 Å². The Morgan fingerprint density at radius 2 is 2.24 bits per heavy atom. The van der Waals surface area contributed by atoms with E-state index in [1.165, 1.54) is 0 Å². The van der Waals surface area contributed by atoms with Gasteiger partial charge in [0.15, 0.2) is 0 Å². The first kappa shape index (κ1) is 16.8. The second kappa shape index (κ2) is 8.20. The number of benzene rings is 1. The number of nitrogens with one attached hydrogen (secondary N) is 1. The molecule has 1 heterocycles. The topological polar surface area (TPSA) is 50.7 Å². The Hall–Kier alpha value is -0.520. The molecule has 1 aliphatic heterocycles. The van der Waals surface area contributed by atoms with Crippen molar-refractivity contribution < 1.29 is 14.6 Å². The molecule has 1 saturated heterocycles. The quantitative estimate of drug-likeness (QED) is 0.840. The fourth-order valence-corrected chi connectivity index (χ4v) is 2.59. The molecule has 1 fully saturated rings. The van der Waals surface area contributed by atoms with Crippen molar-refractivity contribution in [3.8, 4) is 5.75 Å². The largest absolute Gasteiger partial charge is 0.491 e. The number of ether oxygens (including phenoxy) is 2. The van der Waals surface area contributed by atoms with Crippen molar-refractivity contribution in [2.45, 2.75) is 38.0 Å². The summed E-state index contributed by atoms with van der Waals surface area (Å²) in [5, 5.41) is 14.2. The van der Waals surface area contributed by atoms with Crippen molar-refractivity contribution in [3.05, 3.63) is 28.2 Å². The first-order valence-corrected chi connectivity index (χ1v) is 7.91. The lowest BCUT2D eigenvalue weighted by atomic mass is 10.0. The van der Waals surface area contributed by atoms with Gasteiger partial charge in [0.2, 0.25) is 0 Å². The predicted molar refractivity (Wildman–Crippen MR) is 84.4 cm³/mol. The van der Waals surface area contributed by atoms with Crippen LogP contribution in [-0.4, -0.2) is 43.1 Å². The van der Waals surface area contributed by atoms with E-state index in [1.54, 1.807) is 18.2 Å². The van der Waals surface area contributed by atoms with E-state index < -0.39 is 6.10 Å². The maximum absolute atomic E-state index is 9.95. The van der Waals surface area contributed by atoms with E-state index in [0.29, 0.717) is 28.4 Å². The Labute approximate surface area is 135 Å². The maximum atomic E-state index is 9.95. The summed E-state index contributed by atoms with van der Waals surface area (Å²) < 4.78 is 11.0. The molecular weight excluding hydrogens is 313 g/mol. The Morgan fingerprint density at radius 1 is 1.43 bits per heavy atom. The summed E-state index contributed by atoms with van der Waals surface area (Å²) in [6.45, 7) is 3.55. The van der Waals surface area contributed by atoms with Gasteiger partial charge in [-0.15, -0.1) is 0 Å². The molecule has 1 aliphatic rings. The summed E-state index contributed by atoms with van der Waals surface area (Å²) >= 11 is 11.7. The van der Waals surface area contributed by atoms with Gasteiger partial charge in [-0.2, -0.15) is 0 Å². The van der Waals surface area contributed by atoms with E-state index in [-0.39, 0.29) is 12.7 Å². The minimum atomic E-state index is -0.572. The van der Waals surface area contributed by atoms with E-state index in [1.807, 2.05) is 0 Å². The lowest BCUT2D eigenvalue weighted by molar-refractivity contribution is 0.00966. The summed E-state index contributed by atoms with van der Waals surface area (Å²) in [6.07, 6.45) is 1.66. The normalized spacial score (nSPS) is 23.8. The second-order valence-electron chi connectivity index (χ2n) is 5.35. The highest BCUT2D eigenvalue weighted by molar-refractivity contribution is 6.42. The molecule has 1 aromatic rings. The first-order valence-electron chi connectivity index (χ1n) is 7.15. The van der Waals surface area contributed by atoms with Crippen LogP contribution in [0, 0.1) is 0 Å². The molecule has 0 bridgehead atoms. The number of aliphatic hydroxyl groups excluding tert-OH is 1. The zero-order valence-corrected chi connectivity index (χ0v) is 13.5. The fraction of sp³-hybridized carbons (Fsp3) is 0.600. The van der Waals surface area contributed by atoms with Crippen LogP contribution in [0.3, 0.4) is 0 Å². The van der Waals surface area contributed by atoms with Gasteiger partial charge in [0, 0.05) is 25.3 Å². The fourth-order valence-electron chi connectivity index (χ4n) is 2.30. The number of rotatable bonds is 6. The Balaban J connectivity index is 1.69. The van der Waals surface area contributed by atoms with Crippen molar-refractivity contribution in [2.24, 2.45) is 0 Å². The van der Waals surface area contributed by atoms with Crippen molar-refractivity contribution in [1.82, 2.24) is 5.32 Å². The molecule has 0 aliphatic carbocycles. The zero-order chi connectivity index (χ0) is 15.2. The van der Waals surface area contributed by atoms with Crippen LogP contribution in [0.15, 0.2) is 18.2 Å². The summed E-state index contributed by atoms with van der Waals surface area (Å²) in [5.74, 6) is 0.600. The van der Waals surface area contributed by atoms with Crippen LogP contribution in [0.5, 0.6) is 5.75 Å². The number of aliphatic hydroxyl groups is 1. The third-order valence-electron chi connectivity index (χ3n) is 3.46. The van der Waals surface area contributed by atoms with E-state index >= 15 is 0 Å². The Kier molecular flexibility index (Phi) is 6.58. The van der Waals surface area contributed by atoms with Gasteiger partial charge in [-0.1, -0.05) is 23.2 Å². The first-order chi connectivity index (χ1) is 10.0. The van der Waals surface area contributed by atoms with Crippen LogP contribution in [0.25, 0.3) is 0 Å². The number of hydrogen-bond donors (Lipinski definition) is 2. The molecule has 2 rings (SSSR count). The lowest BCUT2D eigenvalue weighted by Gasteiger charge is -2.28. The maximum Gasteiger partial charge on any atom is 0.121 e. The molecule has 0 aromatic heterocycles. The number of halogens is 2. The van der Waals surface area contributed by atoms with Gasteiger partial charge in [-0.3, -0.25) is 0 Å². The predicted octanol–water partition coefficient (Wildman–Crippen LogP) is 2.89. The van der Waals surface area contributed by atoms with Gasteiger partial charge < -0.3 is 19.9 Å². The van der Waals surface area contributed by atoms with Gasteiger partial charge in [0.05, 0.1) is 16.1 Å². The highest BCUT2D eigenvalue weighted by atomic mass is 35.5. The molecule has 2 N–H and O–H groups in total. The molecule has 1 aromatic carbocycles. The van der Waals surface area contributed by atoms with E-state index in [4.69, 9.17) is 32.7 Å². The molecule has 6 heteroatoms. The molecular formula is C15H21Cl2NO3. The summed E-state index contributed by atoms with van der Waals surface area (Å²) in [6, 6.07) is 5.44. The molecule has 0 amide bonds. The standard InChI is InChI=1S/C15H21Cl2NO3/c1-10-6-11(4-5-20-10)18-8-12(19)9-21-13-2-3-14(16)15(17)7-13/h2-3,7,10-12,18-19H,4-6,8-9H2,1H3. The molecule has 21 heavy (non-hydrogen) atoms. The summed E-state index contributed by atoms with van der Waals surface area (Å²) in [4.78, 5) is 0. The van der Waals surface area contributed by atoms with Gasteiger partial charge in [-0.05, 0) is 31.9 Å². The van der Waals surface area contributed by atoms with Gasteiger partial charge >= 0.3 is 0 Å². The van der Waals surface area contributed by atoms with Crippen LogP contribution < -0.4 is 10.1 Å². The minimum absolute atomic E-state index is 0.212. The second-order valence-corrected chi connectivity index (χ2v) is 6.17. The average molecular weight is 334 g/mol. The Bertz CT molecular complexity index is 459. The summed E-state index contributed by atoms with van der Waals surface area (Å²) in [7, 11) is 0. The molecule has 0 radical (unpaired) electrons. The van der Waals surface area contributed by atoms with Crippen LogP contribution >= 0.6 is 23.2 Å². The average Bonchev–Trinajstić information content (AvgIpc) is 2.46. The van der Waals surface area contributed by atoms with Crippen LogP contribution in [-0.2, 0) is 4.74 Å². The van der Waals surface area contributed by atoms with E-state index in [9.17, 15) is 5.11 Å². The molecule has 4 nitrogen and oxygen atoms in total. The van der Waals surface area contributed by atoms with Crippen molar-refractivity contribution in [3.63, 3.8) is 0 Å². The van der Waals surface area contributed by atoms with Crippen molar-refractivity contribution in [1.29, 1.82) is 0 Å². The molecule has 3 atom stereocenters. The van der Waals surface area contributed by atoms with Crippen molar-refractivity contribution >= 4 is 23.2 Å². The monoisotopic (exact) mass is 333 g/mol. The molecule has 118 valence electrons. The van der Waals surface area contributed by atoms with Gasteiger partial charge in [0.1, 0.15) is 18.5 Å². The van der Waals surface area contributed by atoms with Crippen LogP contribution in [0.4, 0.5) is 0 Å². The smallest absolute Gasteiger partial charge is 0.121 e. The van der Waals surface area contributed by atoms with Gasteiger partial charge in [0.25, 0.3) is 0 Å². The summed E-state index contributed by atoms with van der Waals surface area (Å²) in [5.41, 5.74) is 0.